The summed E-state index contributed by atoms with van der Waals surface area (Å²) >= 11 is 0. The standard InChI is InChI=1S/C10H19NO3/c1-5-14-10(13)6-9(8(4)12)11-7(2)3/h7,9,11H,5-6H2,1-4H3. The molecule has 0 radical (unpaired) electrons. The quantitative estimate of drug-likeness (QED) is 0.648. The number of hydrogen-bond donors (Lipinski definition) is 1. The molecule has 0 saturated heterocycles. The van der Waals surface area contributed by atoms with Crippen LogP contribution >= 0.6 is 0 Å². The maximum atomic E-state index is 11.1. The van der Waals surface area contributed by atoms with Crippen LogP contribution in [0.2, 0.25) is 0 Å². The van der Waals surface area contributed by atoms with Gasteiger partial charge in [-0.2, -0.15) is 0 Å². The molecule has 4 heteroatoms. The van der Waals surface area contributed by atoms with Gasteiger partial charge in [0.2, 0.25) is 0 Å². The van der Waals surface area contributed by atoms with Gasteiger partial charge in [-0.15, -0.1) is 0 Å². The van der Waals surface area contributed by atoms with Gasteiger partial charge in [0.05, 0.1) is 19.1 Å². The molecule has 1 N–H and O–H groups in total. The Hall–Kier alpha value is -0.900. The first-order valence-electron chi connectivity index (χ1n) is 4.89. The third-order valence-electron chi connectivity index (χ3n) is 1.70. The van der Waals surface area contributed by atoms with Crippen LogP contribution in [-0.2, 0) is 14.3 Å². The minimum absolute atomic E-state index is 0.0354. The van der Waals surface area contributed by atoms with Gasteiger partial charge in [-0.1, -0.05) is 13.8 Å². The van der Waals surface area contributed by atoms with Crippen LogP contribution < -0.4 is 5.32 Å². The van der Waals surface area contributed by atoms with Crippen molar-refractivity contribution in [1.82, 2.24) is 5.32 Å². The van der Waals surface area contributed by atoms with Crippen molar-refractivity contribution in [3.63, 3.8) is 0 Å². The molecule has 0 fully saturated rings. The molecule has 0 aromatic rings. The number of rotatable bonds is 6. The predicted molar refractivity (Wildman–Crippen MR) is 54.0 cm³/mol. The molecule has 82 valence electrons. The molecular weight excluding hydrogens is 182 g/mol. The van der Waals surface area contributed by atoms with E-state index in [2.05, 4.69) is 5.32 Å². The van der Waals surface area contributed by atoms with E-state index in [0.717, 1.165) is 0 Å². The molecule has 0 aliphatic heterocycles. The monoisotopic (exact) mass is 201 g/mol. The summed E-state index contributed by atoms with van der Waals surface area (Å²) in [5.41, 5.74) is 0. The second kappa shape index (κ2) is 6.54. The molecule has 1 atom stereocenters. The zero-order chi connectivity index (χ0) is 11.1. The van der Waals surface area contributed by atoms with E-state index in [1.807, 2.05) is 13.8 Å². The van der Waals surface area contributed by atoms with Crippen LogP contribution in [0.5, 0.6) is 0 Å². The molecule has 0 aliphatic rings. The molecule has 0 spiro atoms. The maximum Gasteiger partial charge on any atom is 0.307 e. The van der Waals surface area contributed by atoms with Gasteiger partial charge >= 0.3 is 5.97 Å². The minimum atomic E-state index is -0.422. The molecule has 0 amide bonds. The van der Waals surface area contributed by atoms with E-state index >= 15 is 0 Å². The third kappa shape index (κ3) is 5.70. The van der Waals surface area contributed by atoms with Crippen LogP contribution in [0.15, 0.2) is 0 Å². The Bertz CT molecular complexity index is 202. The molecule has 0 saturated carbocycles. The summed E-state index contributed by atoms with van der Waals surface area (Å²) in [5.74, 6) is -0.368. The van der Waals surface area contributed by atoms with Crippen LogP contribution in [0.3, 0.4) is 0 Å². The highest BCUT2D eigenvalue weighted by Crippen LogP contribution is 1.98. The van der Waals surface area contributed by atoms with Crippen LogP contribution in [0.25, 0.3) is 0 Å². The Labute approximate surface area is 85.0 Å². The number of Topliss-reactive ketones (excluding diaryl/α,β-unsaturated/α-hetero) is 1. The van der Waals surface area contributed by atoms with Crippen LogP contribution in [0.4, 0.5) is 0 Å². The van der Waals surface area contributed by atoms with Gasteiger partial charge in [0.15, 0.2) is 0 Å². The summed E-state index contributed by atoms with van der Waals surface area (Å²) in [6.45, 7) is 7.43. The fourth-order valence-corrected chi connectivity index (χ4v) is 1.11. The van der Waals surface area contributed by atoms with Crippen molar-refractivity contribution in [2.45, 2.75) is 46.2 Å². The summed E-state index contributed by atoms with van der Waals surface area (Å²) in [6, 6.07) is -0.243. The average Bonchev–Trinajstić information content (AvgIpc) is 2.02. The number of carbonyl (C=O) groups is 2. The Morgan fingerprint density at radius 2 is 1.93 bits per heavy atom. The number of esters is 1. The van der Waals surface area contributed by atoms with Gasteiger partial charge in [0.25, 0.3) is 0 Å². The highest BCUT2D eigenvalue weighted by molar-refractivity contribution is 5.86. The van der Waals surface area contributed by atoms with Crippen molar-refractivity contribution in [2.24, 2.45) is 0 Å². The first-order valence-corrected chi connectivity index (χ1v) is 4.89. The lowest BCUT2D eigenvalue weighted by Gasteiger charge is -2.17. The third-order valence-corrected chi connectivity index (χ3v) is 1.70. The number of nitrogens with one attached hydrogen (secondary N) is 1. The zero-order valence-corrected chi connectivity index (χ0v) is 9.29. The first kappa shape index (κ1) is 13.1. The smallest absolute Gasteiger partial charge is 0.307 e. The number of ketones is 1. The summed E-state index contributed by atoms with van der Waals surface area (Å²) in [4.78, 5) is 22.3. The van der Waals surface area contributed by atoms with Gasteiger partial charge < -0.3 is 10.1 Å². The van der Waals surface area contributed by atoms with Crippen LogP contribution in [-0.4, -0.2) is 30.4 Å². The Morgan fingerprint density at radius 1 is 1.36 bits per heavy atom. The molecule has 0 heterocycles. The Balaban J connectivity index is 4.09. The normalized spacial score (nSPS) is 12.6. The fourth-order valence-electron chi connectivity index (χ4n) is 1.11. The SMILES string of the molecule is CCOC(=O)CC(NC(C)C)C(C)=O. The van der Waals surface area contributed by atoms with Crippen molar-refractivity contribution < 1.29 is 14.3 Å². The second-order valence-corrected chi connectivity index (χ2v) is 3.49. The van der Waals surface area contributed by atoms with Crippen molar-refractivity contribution >= 4 is 11.8 Å². The first-order chi connectivity index (χ1) is 6.47. The lowest BCUT2D eigenvalue weighted by molar-refractivity contribution is -0.145. The van der Waals surface area contributed by atoms with E-state index < -0.39 is 6.04 Å². The van der Waals surface area contributed by atoms with E-state index in [9.17, 15) is 9.59 Å². The molecule has 0 rings (SSSR count). The van der Waals surface area contributed by atoms with Gasteiger partial charge in [0.1, 0.15) is 5.78 Å². The van der Waals surface area contributed by atoms with Crippen molar-refractivity contribution in [3.8, 4) is 0 Å². The highest BCUT2D eigenvalue weighted by Gasteiger charge is 2.19. The molecule has 4 nitrogen and oxygen atoms in total. The summed E-state index contributed by atoms with van der Waals surface area (Å²) < 4.78 is 4.77. The predicted octanol–water partition coefficient (Wildman–Crippen LogP) is 0.895. The average molecular weight is 201 g/mol. The molecule has 0 bridgehead atoms. The largest absolute Gasteiger partial charge is 0.466 e. The summed E-state index contributed by atoms with van der Waals surface area (Å²) in [6.07, 6.45) is 0.112. The summed E-state index contributed by atoms with van der Waals surface area (Å²) in [5, 5.41) is 3.02. The molecule has 1 unspecified atom stereocenters. The molecule has 14 heavy (non-hydrogen) atoms. The van der Waals surface area contributed by atoms with E-state index in [-0.39, 0.29) is 24.2 Å². The molecule has 0 aromatic heterocycles. The van der Waals surface area contributed by atoms with Crippen LogP contribution in [0.1, 0.15) is 34.1 Å². The van der Waals surface area contributed by atoms with Crippen LogP contribution in [0, 0.1) is 0 Å². The fraction of sp³-hybridized carbons (Fsp3) is 0.800. The highest BCUT2D eigenvalue weighted by atomic mass is 16.5. The minimum Gasteiger partial charge on any atom is -0.466 e. The lowest BCUT2D eigenvalue weighted by atomic mass is 10.1. The van der Waals surface area contributed by atoms with Crippen molar-refractivity contribution in [2.75, 3.05) is 6.61 Å². The maximum absolute atomic E-state index is 11.1. The van der Waals surface area contributed by atoms with E-state index in [0.29, 0.717) is 6.61 Å². The zero-order valence-electron chi connectivity index (χ0n) is 9.29. The Kier molecular flexibility index (Phi) is 6.12. The van der Waals surface area contributed by atoms with Crippen molar-refractivity contribution in [3.05, 3.63) is 0 Å². The van der Waals surface area contributed by atoms with Crippen molar-refractivity contribution in [1.29, 1.82) is 0 Å². The summed E-state index contributed by atoms with van der Waals surface area (Å²) in [7, 11) is 0. The lowest BCUT2D eigenvalue weighted by Crippen LogP contribution is -2.41. The van der Waals surface area contributed by atoms with Gasteiger partial charge in [-0.25, -0.2) is 0 Å². The molecule has 0 aliphatic carbocycles. The molecule has 0 aromatic carbocycles. The Morgan fingerprint density at radius 3 is 2.29 bits per heavy atom. The topological polar surface area (TPSA) is 55.4 Å². The van der Waals surface area contributed by atoms with Gasteiger partial charge in [-0.3, -0.25) is 9.59 Å². The number of ether oxygens (including phenoxy) is 1. The van der Waals surface area contributed by atoms with E-state index in [1.165, 1.54) is 6.92 Å². The second-order valence-electron chi connectivity index (χ2n) is 3.49. The molecular formula is C10H19NO3. The van der Waals surface area contributed by atoms with E-state index in [1.54, 1.807) is 6.92 Å². The van der Waals surface area contributed by atoms with Gasteiger partial charge in [-0.05, 0) is 13.8 Å². The number of carbonyl (C=O) groups excluding carboxylic acids is 2. The number of hydrogen-bond acceptors (Lipinski definition) is 4. The van der Waals surface area contributed by atoms with E-state index in [4.69, 9.17) is 4.74 Å². The van der Waals surface area contributed by atoms with Gasteiger partial charge in [0, 0.05) is 6.04 Å².